The Morgan fingerprint density at radius 1 is 1.16 bits per heavy atom. The number of ether oxygens (including phenoxy) is 1. The zero-order chi connectivity index (χ0) is 14.0. The first-order chi connectivity index (χ1) is 8.97. The number of halogens is 2. The van der Waals surface area contributed by atoms with Crippen molar-refractivity contribution in [1.82, 2.24) is 0 Å². The molecule has 0 aliphatic heterocycles. The van der Waals surface area contributed by atoms with E-state index in [1.54, 1.807) is 30.3 Å². The molecule has 3 N–H and O–H groups in total. The molecule has 0 heterocycles. The fourth-order valence-corrected chi connectivity index (χ4v) is 1.90. The van der Waals surface area contributed by atoms with Crippen LogP contribution in [0, 0.1) is 12.3 Å². The summed E-state index contributed by atoms with van der Waals surface area (Å²) in [6.45, 7) is 1.89. The van der Waals surface area contributed by atoms with Gasteiger partial charge in [-0.2, -0.15) is 0 Å². The van der Waals surface area contributed by atoms with Gasteiger partial charge in [-0.05, 0) is 48.9 Å². The average Bonchev–Trinajstić information content (AvgIpc) is 2.36. The van der Waals surface area contributed by atoms with Gasteiger partial charge in [0.05, 0.1) is 5.56 Å². The van der Waals surface area contributed by atoms with Gasteiger partial charge in [-0.25, -0.2) is 0 Å². The van der Waals surface area contributed by atoms with Crippen LogP contribution < -0.4 is 10.5 Å². The highest BCUT2D eigenvalue weighted by Crippen LogP contribution is 2.29. The lowest BCUT2D eigenvalue weighted by Crippen LogP contribution is -2.12. The number of nitrogens with two attached hydrogens (primary N) is 1. The molecule has 0 bridgehead atoms. The van der Waals surface area contributed by atoms with E-state index >= 15 is 0 Å². The lowest BCUT2D eigenvalue weighted by Gasteiger charge is -2.11. The largest absolute Gasteiger partial charge is 0.457 e. The van der Waals surface area contributed by atoms with Crippen LogP contribution in [0.25, 0.3) is 0 Å². The predicted molar refractivity (Wildman–Crippen MR) is 78.7 cm³/mol. The zero-order valence-corrected chi connectivity index (χ0v) is 11.7. The first kappa shape index (κ1) is 13.7. The monoisotopic (exact) mass is 294 g/mol. The van der Waals surface area contributed by atoms with Gasteiger partial charge in [0.1, 0.15) is 17.3 Å². The highest BCUT2D eigenvalue weighted by molar-refractivity contribution is 6.31. The topological polar surface area (TPSA) is 59.1 Å². The minimum atomic E-state index is -0.0943. The predicted octanol–water partition coefficient (Wildman–Crippen LogP) is 4.38. The third kappa shape index (κ3) is 3.19. The Morgan fingerprint density at radius 3 is 2.53 bits per heavy atom. The number of hydrogen-bond donors (Lipinski definition) is 2. The third-order valence-corrected chi connectivity index (χ3v) is 3.25. The average molecular weight is 295 g/mol. The van der Waals surface area contributed by atoms with Gasteiger partial charge in [0, 0.05) is 10.0 Å². The highest BCUT2D eigenvalue weighted by atomic mass is 35.5. The molecule has 0 saturated carbocycles. The molecule has 3 nitrogen and oxygen atoms in total. The Hall–Kier alpha value is -1.71. The van der Waals surface area contributed by atoms with Gasteiger partial charge in [0.25, 0.3) is 0 Å². The molecule has 19 heavy (non-hydrogen) atoms. The molecule has 0 fully saturated rings. The van der Waals surface area contributed by atoms with E-state index in [1.165, 1.54) is 0 Å². The maximum absolute atomic E-state index is 7.53. The van der Waals surface area contributed by atoms with E-state index in [0.29, 0.717) is 27.1 Å². The van der Waals surface area contributed by atoms with E-state index in [1.807, 2.05) is 13.0 Å². The summed E-state index contributed by atoms with van der Waals surface area (Å²) in [6, 6.07) is 10.3. The first-order valence-electron chi connectivity index (χ1n) is 5.55. The molecule has 0 aliphatic carbocycles. The number of rotatable bonds is 3. The molecule has 2 rings (SSSR count). The number of hydrogen-bond acceptors (Lipinski definition) is 2. The van der Waals surface area contributed by atoms with Crippen LogP contribution in [-0.2, 0) is 0 Å². The molecule has 0 unspecified atom stereocenters. The lowest BCUT2D eigenvalue weighted by atomic mass is 10.2. The standard InChI is InChI=1S/C14H12Cl2N2O/c1-8-6-10(3-4-12(8)16)19-13-5-2-9(15)7-11(13)14(17)18/h2-7H,1H3,(H3,17,18). The Balaban J connectivity index is 2.37. The van der Waals surface area contributed by atoms with E-state index in [-0.39, 0.29) is 5.84 Å². The molecule has 0 saturated heterocycles. The zero-order valence-electron chi connectivity index (χ0n) is 10.2. The molecule has 0 radical (unpaired) electrons. The fourth-order valence-electron chi connectivity index (χ4n) is 1.61. The summed E-state index contributed by atoms with van der Waals surface area (Å²) >= 11 is 11.8. The van der Waals surface area contributed by atoms with Gasteiger partial charge >= 0.3 is 0 Å². The summed E-state index contributed by atoms with van der Waals surface area (Å²) in [7, 11) is 0. The van der Waals surface area contributed by atoms with Crippen molar-refractivity contribution in [2.24, 2.45) is 5.73 Å². The molecule has 98 valence electrons. The Labute approximate surface area is 121 Å². The summed E-state index contributed by atoms with van der Waals surface area (Å²) in [5.74, 6) is 1.02. The summed E-state index contributed by atoms with van der Waals surface area (Å²) in [5.41, 5.74) is 6.89. The molecule has 5 heteroatoms. The molecular formula is C14H12Cl2N2O. The van der Waals surface area contributed by atoms with Crippen molar-refractivity contribution in [3.8, 4) is 11.5 Å². The van der Waals surface area contributed by atoms with E-state index in [4.69, 9.17) is 39.1 Å². The number of amidine groups is 1. The molecule has 0 aromatic heterocycles. The minimum absolute atomic E-state index is 0.0943. The van der Waals surface area contributed by atoms with Gasteiger partial charge in [0.15, 0.2) is 0 Å². The maximum atomic E-state index is 7.53. The van der Waals surface area contributed by atoms with Crippen LogP contribution in [-0.4, -0.2) is 5.84 Å². The molecular weight excluding hydrogens is 283 g/mol. The lowest BCUT2D eigenvalue weighted by molar-refractivity contribution is 0.481. The van der Waals surface area contributed by atoms with Crippen molar-refractivity contribution in [2.75, 3.05) is 0 Å². The summed E-state index contributed by atoms with van der Waals surface area (Å²) in [6.07, 6.45) is 0. The van der Waals surface area contributed by atoms with Gasteiger partial charge in [-0.1, -0.05) is 23.2 Å². The Kier molecular flexibility index (Phi) is 3.98. The highest BCUT2D eigenvalue weighted by Gasteiger charge is 2.09. The Bertz CT molecular complexity index is 641. The number of benzene rings is 2. The minimum Gasteiger partial charge on any atom is -0.457 e. The summed E-state index contributed by atoms with van der Waals surface area (Å²) in [5, 5.41) is 8.71. The molecule has 2 aromatic carbocycles. The first-order valence-corrected chi connectivity index (χ1v) is 6.31. The molecule has 0 aliphatic rings. The smallest absolute Gasteiger partial charge is 0.138 e. The fraction of sp³-hybridized carbons (Fsp3) is 0.0714. The second-order valence-corrected chi connectivity index (χ2v) is 4.91. The summed E-state index contributed by atoms with van der Waals surface area (Å²) < 4.78 is 5.72. The van der Waals surface area contributed by atoms with Crippen molar-refractivity contribution in [2.45, 2.75) is 6.92 Å². The van der Waals surface area contributed by atoms with Crippen molar-refractivity contribution in [3.63, 3.8) is 0 Å². The van der Waals surface area contributed by atoms with Crippen molar-refractivity contribution < 1.29 is 4.74 Å². The van der Waals surface area contributed by atoms with E-state index < -0.39 is 0 Å². The van der Waals surface area contributed by atoms with Crippen LogP contribution in [0.4, 0.5) is 0 Å². The van der Waals surface area contributed by atoms with Crippen LogP contribution >= 0.6 is 23.2 Å². The number of nitrogens with one attached hydrogen (secondary N) is 1. The van der Waals surface area contributed by atoms with Crippen LogP contribution in [0.3, 0.4) is 0 Å². The normalized spacial score (nSPS) is 10.3. The quantitative estimate of drug-likeness (QED) is 0.652. The van der Waals surface area contributed by atoms with E-state index in [2.05, 4.69) is 0 Å². The van der Waals surface area contributed by atoms with Gasteiger partial charge < -0.3 is 10.5 Å². The summed E-state index contributed by atoms with van der Waals surface area (Å²) in [4.78, 5) is 0. The maximum Gasteiger partial charge on any atom is 0.138 e. The second-order valence-electron chi connectivity index (χ2n) is 4.07. The molecule has 0 atom stereocenters. The van der Waals surface area contributed by atoms with Crippen molar-refractivity contribution >= 4 is 29.0 Å². The van der Waals surface area contributed by atoms with E-state index in [0.717, 1.165) is 5.56 Å². The van der Waals surface area contributed by atoms with Gasteiger partial charge in [0.2, 0.25) is 0 Å². The second kappa shape index (κ2) is 5.51. The van der Waals surface area contributed by atoms with E-state index in [9.17, 15) is 0 Å². The van der Waals surface area contributed by atoms with Gasteiger partial charge in [-0.3, -0.25) is 5.41 Å². The van der Waals surface area contributed by atoms with Crippen LogP contribution in [0.15, 0.2) is 36.4 Å². The molecule has 0 spiro atoms. The van der Waals surface area contributed by atoms with Gasteiger partial charge in [-0.15, -0.1) is 0 Å². The Morgan fingerprint density at radius 2 is 1.89 bits per heavy atom. The number of aryl methyl sites for hydroxylation is 1. The third-order valence-electron chi connectivity index (χ3n) is 2.59. The van der Waals surface area contributed by atoms with Crippen molar-refractivity contribution in [1.29, 1.82) is 5.41 Å². The van der Waals surface area contributed by atoms with Crippen molar-refractivity contribution in [3.05, 3.63) is 57.6 Å². The van der Waals surface area contributed by atoms with Crippen LogP contribution in [0.1, 0.15) is 11.1 Å². The van der Waals surface area contributed by atoms with Crippen LogP contribution in [0.2, 0.25) is 10.0 Å². The number of nitrogen functional groups attached to an aromatic ring is 1. The molecule has 0 amide bonds. The SMILES string of the molecule is Cc1cc(Oc2ccc(Cl)cc2C(=N)N)ccc1Cl. The molecule has 2 aromatic rings. The van der Waals surface area contributed by atoms with Crippen LogP contribution in [0.5, 0.6) is 11.5 Å².